The number of carbonyl (C=O) groups excluding carboxylic acids is 1. The van der Waals surface area contributed by atoms with Gasteiger partial charge >= 0.3 is 0 Å². The third-order valence-corrected chi connectivity index (χ3v) is 3.51. The van der Waals surface area contributed by atoms with E-state index in [2.05, 4.69) is 25.3 Å². The SMILES string of the molecule is Cc1nc[nH]c1C=C1C(=O)Nc2ccc3[nH]cnc3c21. The molecule has 1 aliphatic rings. The maximum Gasteiger partial charge on any atom is 0.256 e. The van der Waals surface area contributed by atoms with Crippen LogP contribution in [0.4, 0.5) is 5.69 Å². The molecule has 3 heterocycles. The number of benzene rings is 1. The molecule has 3 N–H and O–H groups in total. The molecule has 0 spiro atoms. The van der Waals surface area contributed by atoms with Gasteiger partial charge in [-0.05, 0) is 25.1 Å². The minimum absolute atomic E-state index is 0.121. The first-order chi connectivity index (χ1) is 9.74. The van der Waals surface area contributed by atoms with Gasteiger partial charge < -0.3 is 15.3 Å². The molecular formula is C14H11N5O. The van der Waals surface area contributed by atoms with Crippen molar-refractivity contribution in [3.05, 3.63) is 41.7 Å². The summed E-state index contributed by atoms with van der Waals surface area (Å²) in [7, 11) is 0. The predicted octanol–water partition coefficient (Wildman–Crippen LogP) is 2.09. The van der Waals surface area contributed by atoms with Crippen molar-refractivity contribution in [1.82, 2.24) is 19.9 Å². The number of imidazole rings is 2. The number of carbonyl (C=O) groups is 1. The third kappa shape index (κ3) is 1.41. The molecule has 98 valence electrons. The van der Waals surface area contributed by atoms with E-state index < -0.39 is 0 Å². The van der Waals surface area contributed by atoms with Crippen molar-refractivity contribution in [1.29, 1.82) is 0 Å². The van der Waals surface area contributed by atoms with E-state index in [9.17, 15) is 4.79 Å². The Labute approximate surface area is 114 Å². The Bertz CT molecular complexity index is 871. The van der Waals surface area contributed by atoms with Gasteiger partial charge in [0.2, 0.25) is 0 Å². The van der Waals surface area contributed by atoms with Crippen LogP contribution < -0.4 is 5.32 Å². The number of aromatic amines is 2. The standard InChI is InChI=1S/C14H11N5O/c1-7-11(17-5-15-7)4-8-12-9(19-14(8)20)2-3-10-13(12)18-6-16-10/h2-6H,1H3,(H,15,17)(H,16,18)(H,19,20). The molecule has 6 heteroatoms. The Hall–Kier alpha value is -2.89. The molecule has 0 aliphatic carbocycles. The quantitative estimate of drug-likeness (QED) is 0.589. The lowest BCUT2D eigenvalue weighted by atomic mass is 10.0. The largest absolute Gasteiger partial charge is 0.345 e. The van der Waals surface area contributed by atoms with Gasteiger partial charge in [0.05, 0.1) is 46.3 Å². The Morgan fingerprint density at radius 2 is 2.00 bits per heavy atom. The van der Waals surface area contributed by atoms with E-state index >= 15 is 0 Å². The van der Waals surface area contributed by atoms with Crippen LogP contribution in [-0.4, -0.2) is 25.8 Å². The smallest absolute Gasteiger partial charge is 0.256 e. The van der Waals surface area contributed by atoms with E-state index in [1.54, 1.807) is 12.7 Å². The Morgan fingerprint density at radius 1 is 1.15 bits per heavy atom. The number of aryl methyl sites for hydroxylation is 1. The van der Waals surface area contributed by atoms with Crippen molar-refractivity contribution in [2.75, 3.05) is 5.32 Å². The van der Waals surface area contributed by atoms with E-state index in [1.165, 1.54) is 0 Å². The molecule has 1 aromatic carbocycles. The molecule has 0 saturated heterocycles. The van der Waals surface area contributed by atoms with Gasteiger partial charge in [-0.2, -0.15) is 0 Å². The zero-order chi connectivity index (χ0) is 13.7. The zero-order valence-electron chi connectivity index (χ0n) is 10.7. The maximum atomic E-state index is 12.2. The molecule has 0 bridgehead atoms. The molecule has 0 saturated carbocycles. The molecule has 0 fully saturated rings. The lowest BCUT2D eigenvalue weighted by Gasteiger charge is -1.99. The predicted molar refractivity (Wildman–Crippen MR) is 75.9 cm³/mol. The summed E-state index contributed by atoms with van der Waals surface area (Å²) in [5.41, 5.74) is 5.62. The highest BCUT2D eigenvalue weighted by Gasteiger charge is 2.27. The second-order valence-electron chi connectivity index (χ2n) is 4.70. The number of rotatable bonds is 1. The number of fused-ring (bicyclic) bond motifs is 3. The fraction of sp³-hybridized carbons (Fsp3) is 0.0714. The van der Waals surface area contributed by atoms with Crippen molar-refractivity contribution in [3.8, 4) is 0 Å². The van der Waals surface area contributed by atoms with Crippen LogP contribution in [0.15, 0.2) is 24.8 Å². The van der Waals surface area contributed by atoms with E-state index in [0.717, 1.165) is 33.7 Å². The minimum Gasteiger partial charge on any atom is -0.345 e. The van der Waals surface area contributed by atoms with Crippen LogP contribution in [0.25, 0.3) is 22.7 Å². The fourth-order valence-corrected chi connectivity index (χ4v) is 2.49. The number of nitrogens with zero attached hydrogens (tertiary/aromatic N) is 2. The highest BCUT2D eigenvalue weighted by Crippen LogP contribution is 2.37. The second kappa shape index (κ2) is 3.80. The van der Waals surface area contributed by atoms with Crippen LogP contribution in [0.5, 0.6) is 0 Å². The van der Waals surface area contributed by atoms with Crippen molar-refractivity contribution in [2.45, 2.75) is 6.92 Å². The van der Waals surface area contributed by atoms with Gasteiger partial charge in [-0.15, -0.1) is 0 Å². The Morgan fingerprint density at radius 3 is 2.80 bits per heavy atom. The highest BCUT2D eigenvalue weighted by molar-refractivity contribution is 6.37. The first-order valence-corrected chi connectivity index (χ1v) is 6.23. The fourth-order valence-electron chi connectivity index (χ4n) is 2.49. The van der Waals surface area contributed by atoms with Gasteiger partial charge in [0.25, 0.3) is 5.91 Å². The normalized spacial score (nSPS) is 15.8. The van der Waals surface area contributed by atoms with Crippen LogP contribution in [0.2, 0.25) is 0 Å². The van der Waals surface area contributed by atoms with Crippen LogP contribution in [0.1, 0.15) is 17.0 Å². The van der Waals surface area contributed by atoms with Gasteiger partial charge in [-0.3, -0.25) is 4.79 Å². The summed E-state index contributed by atoms with van der Waals surface area (Å²) < 4.78 is 0. The van der Waals surface area contributed by atoms with Crippen molar-refractivity contribution in [2.24, 2.45) is 0 Å². The zero-order valence-corrected chi connectivity index (χ0v) is 10.7. The van der Waals surface area contributed by atoms with Gasteiger partial charge in [0, 0.05) is 5.56 Å². The van der Waals surface area contributed by atoms with Crippen LogP contribution >= 0.6 is 0 Å². The summed E-state index contributed by atoms with van der Waals surface area (Å²) in [5, 5.41) is 2.87. The topological polar surface area (TPSA) is 86.5 Å². The number of aromatic nitrogens is 4. The molecule has 3 aromatic rings. The average molecular weight is 265 g/mol. The molecule has 20 heavy (non-hydrogen) atoms. The van der Waals surface area contributed by atoms with E-state index in [-0.39, 0.29) is 5.91 Å². The summed E-state index contributed by atoms with van der Waals surface area (Å²) in [5.74, 6) is -0.121. The molecule has 0 atom stereocenters. The first kappa shape index (κ1) is 11.0. The van der Waals surface area contributed by atoms with Crippen molar-refractivity contribution >= 4 is 34.3 Å². The highest BCUT2D eigenvalue weighted by atomic mass is 16.2. The number of anilines is 1. The lowest BCUT2D eigenvalue weighted by molar-refractivity contribution is -0.110. The van der Waals surface area contributed by atoms with E-state index in [1.807, 2.05) is 25.1 Å². The van der Waals surface area contributed by atoms with Crippen LogP contribution in [0, 0.1) is 6.92 Å². The van der Waals surface area contributed by atoms with Gasteiger partial charge in [0.1, 0.15) is 0 Å². The molecule has 6 nitrogen and oxygen atoms in total. The number of hydrogen-bond donors (Lipinski definition) is 3. The van der Waals surface area contributed by atoms with Crippen molar-refractivity contribution in [3.63, 3.8) is 0 Å². The van der Waals surface area contributed by atoms with E-state index in [4.69, 9.17) is 0 Å². The van der Waals surface area contributed by atoms with Crippen molar-refractivity contribution < 1.29 is 4.79 Å². The van der Waals surface area contributed by atoms with Gasteiger partial charge in [0.15, 0.2) is 0 Å². The number of H-pyrrole nitrogens is 2. The van der Waals surface area contributed by atoms with E-state index in [0.29, 0.717) is 5.57 Å². The molecule has 4 rings (SSSR count). The van der Waals surface area contributed by atoms with Gasteiger partial charge in [-0.25, -0.2) is 9.97 Å². The average Bonchev–Trinajstić information content (AvgIpc) is 3.10. The minimum atomic E-state index is -0.121. The summed E-state index contributed by atoms with van der Waals surface area (Å²) in [6.45, 7) is 1.89. The Kier molecular flexibility index (Phi) is 2.09. The molecule has 1 amide bonds. The summed E-state index contributed by atoms with van der Waals surface area (Å²) >= 11 is 0. The molecule has 0 unspecified atom stereocenters. The van der Waals surface area contributed by atoms with Crippen LogP contribution in [0.3, 0.4) is 0 Å². The molecule has 1 aliphatic heterocycles. The van der Waals surface area contributed by atoms with Crippen LogP contribution in [-0.2, 0) is 4.79 Å². The summed E-state index contributed by atoms with van der Waals surface area (Å²) in [6, 6.07) is 3.79. The second-order valence-corrected chi connectivity index (χ2v) is 4.70. The number of nitrogens with one attached hydrogen (secondary N) is 3. The number of hydrogen-bond acceptors (Lipinski definition) is 3. The first-order valence-electron chi connectivity index (χ1n) is 6.23. The maximum absolute atomic E-state index is 12.2. The molecular weight excluding hydrogens is 254 g/mol. The number of amides is 1. The lowest BCUT2D eigenvalue weighted by Crippen LogP contribution is -2.03. The Balaban J connectivity index is 2.00. The summed E-state index contributed by atoms with van der Waals surface area (Å²) in [6.07, 6.45) is 5.06. The monoisotopic (exact) mass is 265 g/mol. The third-order valence-electron chi connectivity index (χ3n) is 3.51. The van der Waals surface area contributed by atoms with Gasteiger partial charge in [-0.1, -0.05) is 0 Å². The molecule has 2 aromatic heterocycles. The molecule has 0 radical (unpaired) electrons. The summed E-state index contributed by atoms with van der Waals surface area (Å²) in [4.78, 5) is 26.7.